The van der Waals surface area contributed by atoms with Gasteiger partial charge in [0.1, 0.15) is 5.82 Å². The zero-order valence-electron chi connectivity index (χ0n) is 12.8. The molecule has 0 saturated heterocycles. The van der Waals surface area contributed by atoms with Crippen LogP contribution in [0.25, 0.3) is 10.8 Å². The molecule has 0 atom stereocenters. The molecule has 0 aliphatic heterocycles. The maximum atomic E-state index is 13.9. The van der Waals surface area contributed by atoms with Gasteiger partial charge >= 0.3 is 0 Å². The predicted octanol–water partition coefficient (Wildman–Crippen LogP) is 4.40. The monoisotopic (exact) mass is 329 g/mol. The molecule has 0 aliphatic rings. The summed E-state index contributed by atoms with van der Waals surface area (Å²) in [6, 6.07) is 14.5. The SMILES string of the molecule is Cc1cccc(NS(=O)(=O)c2ccc(F)c3ccccc23)c1C. The van der Waals surface area contributed by atoms with Gasteiger partial charge in [-0.25, -0.2) is 12.8 Å². The third kappa shape index (κ3) is 2.80. The van der Waals surface area contributed by atoms with Crippen molar-refractivity contribution in [1.29, 1.82) is 0 Å². The van der Waals surface area contributed by atoms with Crippen LogP contribution in [0.2, 0.25) is 0 Å². The van der Waals surface area contributed by atoms with Crippen LogP contribution in [0.1, 0.15) is 11.1 Å². The van der Waals surface area contributed by atoms with E-state index in [4.69, 9.17) is 0 Å². The van der Waals surface area contributed by atoms with Gasteiger partial charge in [-0.15, -0.1) is 0 Å². The Hall–Kier alpha value is -2.40. The summed E-state index contributed by atoms with van der Waals surface area (Å²) in [4.78, 5) is 0.0652. The van der Waals surface area contributed by atoms with Crippen molar-refractivity contribution in [3.8, 4) is 0 Å². The Labute approximate surface area is 134 Å². The van der Waals surface area contributed by atoms with Gasteiger partial charge in [-0.3, -0.25) is 4.72 Å². The summed E-state index contributed by atoms with van der Waals surface area (Å²) in [5.41, 5.74) is 2.38. The third-order valence-electron chi connectivity index (χ3n) is 3.97. The van der Waals surface area contributed by atoms with E-state index in [2.05, 4.69) is 4.72 Å². The van der Waals surface area contributed by atoms with Crippen LogP contribution in [0, 0.1) is 19.7 Å². The minimum absolute atomic E-state index is 0.0652. The van der Waals surface area contributed by atoms with E-state index in [9.17, 15) is 12.8 Å². The fourth-order valence-electron chi connectivity index (χ4n) is 2.53. The molecule has 0 bridgehead atoms. The summed E-state index contributed by atoms with van der Waals surface area (Å²) in [5.74, 6) is -0.439. The van der Waals surface area contributed by atoms with Gasteiger partial charge in [0.25, 0.3) is 10.0 Å². The molecule has 0 saturated carbocycles. The van der Waals surface area contributed by atoms with Crippen LogP contribution in [0.15, 0.2) is 59.5 Å². The molecule has 118 valence electrons. The number of hydrogen-bond donors (Lipinski definition) is 1. The first-order valence-electron chi connectivity index (χ1n) is 7.16. The molecular weight excluding hydrogens is 313 g/mol. The molecule has 3 aromatic carbocycles. The van der Waals surface area contributed by atoms with Crippen molar-refractivity contribution in [2.24, 2.45) is 0 Å². The van der Waals surface area contributed by atoms with Gasteiger partial charge in [-0.1, -0.05) is 36.4 Å². The van der Waals surface area contributed by atoms with Gasteiger partial charge in [-0.2, -0.15) is 0 Å². The van der Waals surface area contributed by atoms with Crippen molar-refractivity contribution in [2.75, 3.05) is 4.72 Å². The highest BCUT2D eigenvalue weighted by Gasteiger charge is 2.19. The Morgan fingerprint density at radius 3 is 2.30 bits per heavy atom. The molecule has 0 aliphatic carbocycles. The Bertz CT molecular complexity index is 997. The number of nitrogens with one attached hydrogen (secondary N) is 1. The van der Waals surface area contributed by atoms with Crippen LogP contribution >= 0.6 is 0 Å². The Kier molecular flexibility index (Phi) is 3.82. The van der Waals surface area contributed by atoms with E-state index in [0.717, 1.165) is 11.1 Å². The number of fused-ring (bicyclic) bond motifs is 1. The van der Waals surface area contributed by atoms with Gasteiger partial charge in [0.2, 0.25) is 0 Å². The first kappa shape index (κ1) is 15.5. The fraction of sp³-hybridized carbons (Fsp3) is 0.111. The summed E-state index contributed by atoms with van der Waals surface area (Å²) >= 11 is 0. The van der Waals surface area contributed by atoms with Crippen molar-refractivity contribution < 1.29 is 12.8 Å². The van der Waals surface area contributed by atoms with Gasteiger partial charge in [0, 0.05) is 10.8 Å². The van der Waals surface area contributed by atoms with E-state index < -0.39 is 15.8 Å². The molecule has 0 spiro atoms. The van der Waals surface area contributed by atoms with E-state index in [0.29, 0.717) is 11.1 Å². The summed E-state index contributed by atoms with van der Waals surface area (Å²) < 4.78 is 42.0. The second-order valence-electron chi connectivity index (χ2n) is 5.44. The lowest BCUT2D eigenvalue weighted by atomic mass is 10.1. The highest BCUT2D eigenvalue weighted by molar-refractivity contribution is 7.93. The van der Waals surface area contributed by atoms with Gasteiger partial charge in [-0.05, 0) is 43.2 Å². The van der Waals surface area contributed by atoms with Gasteiger partial charge in [0.15, 0.2) is 0 Å². The second-order valence-corrected chi connectivity index (χ2v) is 7.09. The third-order valence-corrected chi connectivity index (χ3v) is 5.39. The molecule has 1 N–H and O–H groups in total. The zero-order valence-corrected chi connectivity index (χ0v) is 13.6. The van der Waals surface area contributed by atoms with Gasteiger partial charge in [0.05, 0.1) is 10.6 Å². The molecule has 23 heavy (non-hydrogen) atoms. The summed E-state index contributed by atoms with van der Waals surface area (Å²) in [6.45, 7) is 3.77. The quantitative estimate of drug-likeness (QED) is 0.774. The minimum atomic E-state index is -3.81. The minimum Gasteiger partial charge on any atom is -0.279 e. The first-order chi connectivity index (χ1) is 10.9. The van der Waals surface area contributed by atoms with Crippen molar-refractivity contribution in [2.45, 2.75) is 18.7 Å². The van der Waals surface area contributed by atoms with E-state index >= 15 is 0 Å². The van der Waals surface area contributed by atoms with Crippen molar-refractivity contribution in [1.82, 2.24) is 0 Å². The topological polar surface area (TPSA) is 46.2 Å². The average Bonchev–Trinajstić information content (AvgIpc) is 2.52. The van der Waals surface area contributed by atoms with Crippen LogP contribution in [-0.2, 0) is 10.0 Å². The molecule has 0 amide bonds. The highest BCUT2D eigenvalue weighted by atomic mass is 32.2. The van der Waals surface area contributed by atoms with Crippen molar-refractivity contribution in [3.05, 3.63) is 71.5 Å². The molecule has 0 heterocycles. The van der Waals surface area contributed by atoms with Crippen molar-refractivity contribution >= 4 is 26.5 Å². The molecule has 0 fully saturated rings. The van der Waals surface area contributed by atoms with Crippen LogP contribution in [-0.4, -0.2) is 8.42 Å². The molecule has 3 nitrogen and oxygen atoms in total. The lowest BCUT2D eigenvalue weighted by Gasteiger charge is -2.14. The number of benzene rings is 3. The number of rotatable bonds is 3. The Morgan fingerprint density at radius 2 is 1.57 bits per heavy atom. The number of sulfonamides is 1. The molecule has 5 heteroatoms. The zero-order chi connectivity index (χ0) is 16.6. The summed E-state index contributed by atoms with van der Waals surface area (Å²) in [7, 11) is -3.81. The largest absolute Gasteiger partial charge is 0.279 e. The molecule has 0 radical (unpaired) electrons. The number of aryl methyl sites for hydroxylation is 1. The van der Waals surface area contributed by atoms with E-state index in [-0.39, 0.29) is 10.3 Å². The Balaban J connectivity index is 2.14. The van der Waals surface area contributed by atoms with Crippen LogP contribution < -0.4 is 4.72 Å². The van der Waals surface area contributed by atoms with Crippen LogP contribution in [0.4, 0.5) is 10.1 Å². The van der Waals surface area contributed by atoms with Crippen LogP contribution in [0.3, 0.4) is 0 Å². The number of halogens is 1. The fourth-order valence-corrected chi connectivity index (χ4v) is 3.87. The average molecular weight is 329 g/mol. The smallest absolute Gasteiger partial charge is 0.262 e. The summed E-state index contributed by atoms with van der Waals surface area (Å²) in [5, 5.41) is 0.654. The normalized spacial score (nSPS) is 11.6. The first-order valence-corrected chi connectivity index (χ1v) is 8.65. The predicted molar refractivity (Wildman–Crippen MR) is 90.6 cm³/mol. The van der Waals surface area contributed by atoms with Gasteiger partial charge < -0.3 is 0 Å². The number of anilines is 1. The maximum absolute atomic E-state index is 13.9. The molecule has 3 rings (SSSR count). The molecule has 0 unspecified atom stereocenters. The number of hydrogen-bond acceptors (Lipinski definition) is 2. The van der Waals surface area contributed by atoms with E-state index in [1.165, 1.54) is 12.1 Å². The second kappa shape index (κ2) is 5.66. The van der Waals surface area contributed by atoms with E-state index in [1.807, 2.05) is 19.9 Å². The summed E-state index contributed by atoms with van der Waals surface area (Å²) in [6.07, 6.45) is 0. The maximum Gasteiger partial charge on any atom is 0.262 e. The molecule has 0 aromatic heterocycles. The highest BCUT2D eigenvalue weighted by Crippen LogP contribution is 2.28. The molecule has 3 aromatic rings. The lowest BCUT2D eigenvalue weighted by molar-refractivity contribution is 0.601. The van der Waals surface area contributed by atoms with E-state index in [1.54, 1.807) is 36.4 Å². The standard InChI is InChI=1S/C18H16FNO2S/c1-12-6-5-9-17(13(12)2)20-23(21,22)18-11-10-16(19)14-7-3-4-8-15(14)18/h3-11,20H,1-2H3. The van der Waals surface area contributed by atoms with Crippen LogP contribution in [0.5, 0.6) is 0 Å². The van der Waals surface area contributed by atoms with Crippen molar-refractivity contribution in [3.63, 3.8) is 0 Å². The Morgan fingerprint density at radius 1 is 0.870 bits per heavy atom. The molecular formula is C18H16FNO2S. The lowest BCUT2D eigenvalue weighted by Crippen LogP contribution is -2.14.